The summed E-state index contributed by atoms with van der Waals surface area (Å²) in [5, 5.41) is 0.280. The maximum atomic E-state index is 12.5. The van der Waals surface area contributed by atoms with Gasteiger partial charge in [0.05, 0.1) is 13.2 Å². The van der Waals surface area contributed by atoms with Crippen LogP contribution in [0.5, 0.6) is 0 Å². The van der Waals surface area contributed by atoms with Gasteiger partial charge in [-0.15, -0.1) is 0 Å². The first-order chi connectivity index (χ1) is 11.0. The predicted molar refractivity (Wildman–Crippen MR) is 92.7 cm³/mol. The largest absolute Gasteiger partial charge is 0.445 e. The number of methoxy groups -OCH3 is 2. The fourth-order valence-corrected chi connectivity index (χ4v) is 2.80. The number of benzene rings is 1. The van der Waals surface area contributed by atoms with Crippen LogP contribution in [0.3, 0.4) is 0 Å². The van der Waals surface area contributed by atoms with Crippen molar-refractivity contribution in [2.24, 2.45) is 0 Å². The summed E-state index contributed by atoms with van der Waals surface area (Å²) in [6, 6.07) is 7.06. The summed E-state index contributed by atoms with van der Waals surface area (Å²) < 4.78 is 16.2. The minimum absolute atomic E-state index is 0.153. The molecule has 0 aliphatic carbocycles. The molecule has 0 unspecified atom stereocenters. The molecule has 1 aromatic heterocycles. The third-order valence-electron chi connectivity index (χ3n) is 3.08. The lowest BCUT2D eigenvalue weighted by Crippen LogP contribution is -2.03. The fraction of sp³-hybridized carbons (Fsp3) is 0.235. The molecule has 0 amide bonds. The average Bonchev–Trinajstić information content (AvgIpc) is 2.94. The minimum atomic E-state index is -0.153. The van der Waals surface area contributed by atoms with Gasteiger partial charge >= 0.3 is 0 Å². The molecule has 0 radical (unpaired) electrons. The van der Waals surface area contributed by atoms with E-state index in [-0.39, 0.29) is 11.0 Å². The lowest BCUT2D eigenvalue weighted by Gasteiger charge is -2.11. The van der Waals surface area contributed by atoms with Crippen molar-refractivity contribution in [2.45, 2.75) is 13.2 Å². The third kappa shape index (κ3) is 4.78. The Balaban J connectivity index is 2.32. The van der Waals surface area contributed by atoms with Crippen molar-refractivity contribution in [1.82, 2.24) is 0 Å². The lowest BCUT2D eigenvalue weighted by molar-refractivity contribution is 0.104. The van der Waals surface area contributed by atoms with E-state index in [0.717, 1.165) is 11.1 Å². The van der Waals surface area contributed by atoms with Crippen molar-refractivity contribution < 1.29 is 18.7 Å². The van der Waals surface area contributed by atoms with Crippen LogP contribution in [0.1, 0.15) is 27.2 Å². The quantitative estimate of drug-likeness (QED) is 0.491. The number of carbonyl (C=O) groups is 1. The monoisotopic (exact) mass is 398 g/mol. The first-order valence-corrected chi connectivity index (χ1v) is 7.99. The van der Waals surface area contributed by atoms with Crippen LogP contribution in [0.4, 0.5) is 0 Å². The number of hydrogen-bond acceptors (Lipinski definition) is 4. The van der Waals surface area contributed by atoms with Crippen LogP contribution in [0.15, 0.2) is 39.2 Å². The highest BCUT2D eigenvalue weighted by molar-refractivity contribution is 9.10. The van der Waals surface area contributed by atoms with E-state index in [1.807, 2.05) is 6.07 Å². The van der Waals surface area contributed by atoms with Crippen molar-refractivity contribution in [3.8, 4) is 0 Å². The molecule has 0 saturated heterocycles. The number of carbonyl (C=O) groups excluding carboxylic acids is 1. The highest BCUT2D eigenvalue weighted by atomic mass is 79.9. The summed E-state index contributed by atoms with van der Waals surface area (Å²) in [6.45, 7) is 0.817. The molecule has 2 aromatic rings. The second-order valence-corrected chi connectivity index (χ2v) is 5.99. The number of ketones is 1. The van der Waals surface area contributed by atoms with E-state index in [2.05, 4.69) is 15.9 Å². The van der Waals surface area contributed by atoms with Crippen LogP contribution in [-0.4, -0.2) is 20.0 Å². The molecular weight excluding hydrogens is 384 g/mol. The van der Waals surface area contributed by atoms with Gasteiger partial charge in [-0.25, -0.2) is 0 Å². The summed E-state index contributed by atoms with van der Waals surface area (Å²) in [5.74, 6) is 0.365. The number of halogens is 2. The lowest BCUT2D eigenvalue weighted by atomic mass is 10.0. The van der Waals surface area contributed by atoms with E-state index in [1.165, 1.54) is 6.08 Å². The average molecular weight is 400 g/mol. The standard InChI is InChI=1S/C17H16BrClO4/c1-21-9-11-7-12(10-22-2)17(18)14(8-11)15(20)5-3-13-4-6-16(19)23-13/h3-8H,9-10H2,1-2H3/b5-3+. The van der Waals surface area contributed by atoms with E-state index in [1.54, 1.807) is 38.5 Å². The normalized spacial score (nSPS) is 11.3. The number of allylic oxidation sites excluding steroid dienone is 1. The van der Waals surface area contributed by atoms with Crippen LogP contribution < -0.4 is 0 Å². The van der Waals surface area contributed by atoms with Gasteiger partial charge in [0.1, 0.15) is 5.76 Å². The summed E-state index contributed by atoms with van der Waals surface area (Å²) in [4.78, 5) is 12.5. The van der Waals surface area contributed by atoms with Crippen LogP contribution in [0.2, 0.25) is 5.22 Å². The van der Waals surface area contributed by atoms with Crippen LogP contribution in [0.25, 0.3) is 6.08 Å². The molecule has 1 heterocycles. The molecule has 2 rings (SSSR count). The number of rotatable bonds is 7. The molecule has 0 aliphatic rings. The Morgan fingerprint density at radius 2 is 2.00 bits per heavy atom. The predicted octanol–water partition coefficient (Wildman–Crippen LogP) is 4.88. The molecule has 23 heavy (non-hydrogen) atoms. The van der Waals surface area contributed by atoms with Crippen molar-refractivity contribution in [3.63, 3.8) is 0 Å². The zero-order valence-corrected chi connectivity index (χ0v) is 15.1. The van der Waals surface area contributed by atoms with Gasteiger partial charge in [0.2, 0.25) is 0 Å². The summed E-state index contributed by atoms with van der Waals surface area (Å²) in [6.07, 6.45) is 3.03. The Morgan fingerprint density at radius 3 is 2.61 bits per heavy atom. The molecule has 4 nitrogen and oxygen atoms in total. The number of furan rings is 1. The SMILES string of the molecule is COCc1cc(COC)c(Br)c(C(=O)/C=C/c2ccc(Cl)o2)c1. The van der Waals surface area contributed by atoms with Crippen molar-refractivity contribution in [2.75, 3.05) is 14.2 Å². The summed E-state index contributed by atoms with van der Waals surface area (Å²) in [7, 11) is 3.22. The van der Waals surface area contributed by atoms with Crippen molar-refractivity contribution >= 4 is 39.4 Å². The van der Waals surface area contributed by atoms with Crippen LogP contribution >= 0.6 is 27.5 Å². The number of hydrogen-bond donors (Lipinski definition) is 0. The first-order valence-electron chi connectivity index (χ1n) is 6.82. The highest BCUT2D eigenvalue weighted by Gasteiger charge is 2.14. The molecule has 0 bridgehead atoms. The summed E-state index contributed by atoms with van der Waals surface area (Å²) >= 11 is 9.19. The molecule has 0 fully saturated rings. The Hall–Kier alpha value is -1.40. The van der Waals surface area contributed by atoms with Gasteiger partial charge < -0.3 is 13.9 Å². The Kier molecular flexibility index (Phi) is 6.59. The van der Waals surface area contributed by atoms with Gasteiger partial charge in [0.15, 0.2) is 11.0 Å². The minimum Gasteiger partial charge on any atom is -0.445 e. The second-order valence-electron chi connectivity index (χ2n) is 4.82. The van der Waals surface area contributed by atoms with E-state index in [0.29, 0.717) is 29.0 Å². The third-order valence-corrected chi connectivity index (χ3v) is 4.22. The Morgan fingerprint density at radius 1 is 1.26 bits per heavy atom. The zero-order valence-electron chi connectivity index (χ0n) is 12.8. The van der Waals surface area contributed by atoms with E-state index in [4.69, 9.17) is 25.5 Å². The summed E-state index contributed by atoms with van der Waals surface area (Å²) in [5.41, 5.74) is 2.33. The van der Waals surface area contributed by atoms with E-state index < -0.39 is 0 Å². The highest BCUT2D eigenvalue weighted by Crippen LogP contribution is 2.26. The molecule has 6 heteroatoms. The second kappa shape index (κ2) is 8.45. The maximum absolute atomic E-state index is 12.5. The Labute approximate surface area is 148 Å². The van der Waals surface area contributed by atoms with Gasteiger partial charge in [-0.3, -0.25) is 4.79 Å². The van der Waals surface area contributed by atoms with Gasteiger partial charge in [-0.2, -0.15) is 0 Å². The van der Waals surface area contributed by atoms with Crippen LogP contribution in [-0.2, 0) is 22.7 Å². The molecule has 0 spiro atoms. The zero-order chi connectivity index (χ0) is 16.8. The molecule has 1 aromatic carbocycles. The Bertz CT molecular complexity index is 721. The molecular formula is C17H16BrClO4. The molecule has 0 saturated carbocycles. The fourth-order valence-electron chi connectivity index (χ4n) is 2.11. The topological polar surface area (TPSA) is 48.7 Å². The van der Waals surface area contributed by atoms with E-state index in [9.17, 15) is 4.79 Å². The molecule has 0 atom stereocenters. The molecule has 0 aliphatic heterocycles. The van der Waals surface area contributed by atoms with E-state index >= 15 is 0 Å². The van der Waals surface area contributed by atoms with Gasteiger partial charge in [0.25, 0.3) is 0 Å². The molecule has 0 N–H and O–H groups in total. The van der Waals surface area contributed by atoms with Crippen LogP contribution in [0, 0.1) is 0 Å². The number of ether oxygens (including phenoxy) is 2. The molecule has 122 valence electrons. The smallest absolute Gasteiger partial charge is 0.193 e. The van der Waals surface area contributed by atoms with Gasteiger partial charge in [-0.1, -0.05) is 0 Å². The van der Waals surface area contributed by atoms with Crippen molar-refractivity contribution in [3.05, 3.63) is 62.5 Å². The van der Waals surface area contributed by atoms with Crippen molar-refractivity contribution in [1.29, 1.82) is 0 Å². The first kappa shape index (κ1) is 17.9. The van der Waals surface area contributed by atoms with Gasteiger partial charge in [0, 0.05) is 24.3 Å². The van der Waals surface area contributed by atoms with Gasteiger partial charge in [-0.05, 0) is 75.1 Å². The maximum Gasteiger partial charge on any atom is 0.193 e.